The zero-order valence-corrected chi connectivity index (χ0v) is 27.0. The van der Waals surface area contributed by atoms with Crippen LogP contribution >= 0.6 is 23.3 Å². The summed E-state index contributed by atoms with van der Waals surface area (Å²) < 4.78 is 23.7. The summed E-state index contributed by atoms with van der Waals surface area (Å²) in [6.45, 7) is 2.23. The third kappa shape index (κ3) is 6.01. The zero-order chi connectivity index (χ0) is 34.3. The van der Waals surface area contributed by atoms with Crippen LogP contribution in [0.2, 0.25) is 0 Å². The molecule has 0 spiro atoms. The van der Waals surface area contributed by atoms with Gasteiger partial charge in [-0.05, 0) is 31.4 Å². The minimum atomic E-state index is -1.06. The van der Waals surface area contributed by atoms with E-state index in [2.05, 4.69) is 19.8 Å². The molecule has 0 radical (unpaired) electrons. The molecule has 4 aliphatic heterocycles. The number of aryl methyl sites for hydroxylation is 1. The van der Waals surface area contributed by atoms with Crippen LogP contribution in [-0.2, 0) is 35.3 Å². The van der Waals surface area contributed by atoms with E-state index in [0.717, 1.165) is 11.5 Å². The molecule has 3 atom stereocenters. The highest BCUT2D eigenvalue weighted by Gasteiger charge is 2.54. The predicted molar refractivity (Wildman–Crippen MR) is 163 cm³/mol. The van der Waals surface area contributed by atoms with E-state index in [1.54, 1.807) is 11.0 Å². The fourth-order valence-electron chi connectivity index (χ4n) is 5.79. The van der Waals surface area contributed by atoms with E-state index < -0.39 is 46.8 Å². The molecule has 2 unspecified atom stereocenters. The average Bonchev–Trinajstić information content (AvgIpc) is 3.87. The number of thioether (sulfide) groups is 1. The number of carbonyl (C=O) groups excluding carboxylic acids is 5. The van der Waals surface area contributed by atoms with Gasteiger partial charge in [-0.2, -0.15) is 9.36 Å². The van der Waals surface area contributed by atoms with Gasteiger partial charge < -0.3 is 44.4 Å². The molecule has 19 nitrogen and oxygen atoms in total. The SMILES string of the molecule is COC(=O)C1=C(/C=C2\CCN(C3CCN(C(=O)OCc4oc(=O)oc4C)C3)C2=O)CS[C@@H]2C(NC(=O)/C(=N\O)c3nsc(N)n3)C(=O)N12. The lowest BCUT2D eigenvalue weighted by atomic mass is 10.0. The Kier molecular flexibility index (Phi) is 8.97. The van der Waals surface area contributed by atoms with Gasteiger partial charge in [0.15, 0.2) is 23.3 Å². The molecule has 0 saturated carbocycles. The normalized spacial score (nSPS) is 23.5. The number of nitrogen functional groups attached to an aromatic ring is 1. The number of nitrogens with one attached hydrogen (secondary N) is 1. The Morgan fingerprint density at radius 2 is 2.02 bits per heavy atom. The third-order valence-corrected chi connectivity index (χ3v) is 10.0. The van der Waals surface area contributed by atoms with Crippen LogP contribution in [0.15, 0.2) is 41.7 Å². The Morgan fingerprint density at radius 3 is 2.69 bits per heavy atom. The number of aromatic nitrogens is 2. The fourth-order valence-corrected chi connectivity index (χ4v) is 7.53. The molecule has 6 heterocycles. The number of methoxy groups -OCH3 is 1. The average molecular weight is 705 g/mol. The number of hydrogen-bond acceptors (Lipinski definition) is 17. The van der Waals surface area contributed by atoms with Gasteiger partial charge in [0.1, 0.15) is 17.1 Å². The molecule has 0 aliphatic carbocycles. The molecule has 6 rings (SSSR count). The Morgan fingerprint density at radius 1 is 1.23 bits per heavy atom. The van der Waals surface area contributed by atoms with Crippen LogP contribution in [0.3, 0.4) is 0 Å². The first-order valence-electron chi connectivity index (χ1n) is 14.4. The number of amides is 4. The Hall–Kier alpha value is -5.18. The summed E-state index contributed by atoms with van der Waals surface area (Å²) in [6.07, 6.45) is 1.86. The van der Waals surface area contributed by atoms with Crippen LogP contribution in [-0.4, -0.2) is 115 Å². The minimum absolute atomic E-state index is 0.0426. The van der Waals surface area contributed by atoms with Gasteiger partial charge in [0, 0.05) is 42.5 Å². The van der Waals surface area contributed by atoms with Gasteiger partial charge in [-0.3, -0.25) is 19.3 Å². The van der Waals surface area contributed by atoms with Crippen molar-refractivity contribution in [2.75, 3.05) is 38.2 Å². The number of likely N-dealkylation sites (tertiary alicyclic amines) is 2. The molecule has 254 valence electrons. The molecule has 3 saturated heterocycles. The lowest BCUT2D eigenvalue weighted by molar-refractivity contribution is -0.151. The third-order valence-electron chi connectivity index (χ3n) is 8.16. The van der Waals surface area contributed by atoms with Crippen molar-refractivity contribution in [1.82, 2.24) is 29.4 Å². The number of β-lactam (4-membered cyclic amide) rings is 1. The Labute approximate surface area is 278 Å². The number of nitrogens with two attached hydrogens (primary N) is 1. The maximum atomic E-state index is 13.5. The number of nitrogens with zero attached hydrogens (tertiary/aromatic N) is 6. The van der Waals surface area contributed by atoms with E-state index in [9.17, 15) is 34.0 Å². The molecular formula is C27H28N8O11S2. The van der Waals surface area contributed by atoms with Crippen molar-refractivity contribution in [3.63, 3.8) is 0 Å². The standard InChI is InChI=1S/C27H28N8O11S2/c1-11-15(46-27(41)45-11)9-44-26(40)33-5-4-14(8-33)34-6-3-12(21(34)37)7-13-10-47-23-17(22(38)35(23)18(13)24(39)43-2)29-20(36)16(31-42)19-30-25(28)48-32-19/h7,14,17,23,42H,3-6,8-10H2,1-2H3,(H,29,36)(H2,28,30,32)/b12-7+,31-16-/t14?,17?,23-/m1/s1. The maximum Gasteiger partial charge on any atom is 0.519 e. The molecule has 48 heavy (non-hydrogen) atoms. The van der Waals surface area contributed by atoms with Gasteiger partial charge in [0.2, 0.25) is 17.4 Å². The number of anilines is 1. The molecule has 2 aromatic rings. The quantitative estimate of drug-likeness (QED) is 0.0786. The second-order valence-corrected chi connectivity index (χ2v) is 12.8. The highest BCUT2D eigenvalue weighted by Crippen LogP contribution is 2.42. The summed E-state index contributed by atoms with van der Waals surface area (Å²) in [5, 5.41) is 14.2. The summed E-state index contributed by atoms with van der Waals surface area (Å²) in [5.74, 6) is -3.13. The summed E-state index contributed by atoms with van der Waals surface area (Å²) >= 11 is 2.05. The summed E-state index contributed by atoms with van der Waals surface area (Å²) in [5.41, 5.74) is 5.80. The first-order chi connectivity index (χ1) is 23.0. The first-order valence-corrected chi connectivity index (χ1v) is 16.2. The number of allylic oxidation sites excluding steroid dienone is 1. The molecule has 4 amide bonds. The van der Waals surface area contributed by atoms with Gasteiger partial charge in [-0.25, -0.2) is 14.4 Å². The van der Waals surface area contributed by atoms with Crippen molar-refractivity contribution in [2.45, 2.75) is 43.8 Å². The molecule has 21 heteroatoms. The molecular weight excluding hydrogens is 676 g/mol. The molecule has 0 bridgehead atoms. The van der Waals surface area contributed by atoms with Crippen LogP contribution in [0, 0.1) is 6.92 Å². The largest absolute Gasteiger partial charge is 0.519 e. The fraction of sp³-hybridized carbons (Fsp3) is 0.444. The number of ether oxygens (including phenoxy) is 2. The van der Waals surface area contributed by atoms with Gasteiger partial charge in [-0.1, -0.05) is 5.16 Å². The number of hydrogen-bond donors (Lipinski definition) is 3. The van der Waals surface area contributed by atoms with Crippen molar-refractivity contribution < 1.29 is 47.5 Å². The highest BCUT2D eigenvalue weighted by molar-refractivity contribution is 8.00. The molecule has 2 aromatic heterocycles. The van der Waals surface area contributed by atoms with E-state index in [1.807, 2.05) is 0 Å². The summed E-state index contributed by atoms with van der Waals surface area (Å²) in [6, 6.07) is -1.33. The second kappa shape index (κ2) is 13.1. The maximum absolute atomic E-state index is 13.5. The first kappa shape index (κ1) is 32.7. The van der Waals surface area contributed by atoms with Gasteiger partial charge >= 0.3 is 17.9 Å². The van der Waals surface area contributed by atoms with Gasteiger partial charge in [0.05, 0.1) is 13.2 Å². The van der Waals surface area contributed by atoms with Crippen LogP contribution < -0.4 is 16.9 Å². The second-order valence-electron chi connectivity index (χ2n) is 10.9. The number of oxime groups is 1. The van der Waals surface area contributed by atoms with Crippen molar-refractivity contribution >= 4 is 63.9 Å². The van der Waals surface area contributed by atoms with Crippen molar-refractivity contribution in [2.24, 2.45) is 5.16 Å². The monoisotopic (exact) mass is 704 g/mol. The van der Waals surface area contributed by atoms with Gasteiger partial charge in [-0.15, -0.1) is 11.8 Å². The van der Waals surface area contributed by atoms with E-state index in [0.29, 0.717) is 37.1 Å². The highest BCUT2D eigenvalue weighted by atomic mass is 32.2. The Balaban J connectivity index is 1.11. The number of fused-ring (bicyclic) bond motifs is 1. The lowest BCUT2D eigenvalue weighted by Crippen LogP contribution is -2.71. The molecule has 4 N–H and O–H groups in total. The molecule has 4 aliphatic rings. The lowest BCUT2D eigenvalue weighted by Gasteiger charge is -2.49. The topological polar surface area (TPSA) is 253 Å². The van der Waals surface area contributed by atoms with E-state index in [4.69, 9.17) is 24.0 Å². The van der Waals surface area contributed by atoms with Crippen LogP contribution in [0.4, 0.5) is 9.93 Å². The number of rotatable bonds is 8. The summed E-state index contributed by atoms with van der Waals surface area (Å²) in [4.78, 5) is 84.5. The van der Waals surface area contributed by atoms with Crippen LogP contribution in [0.5, 0.6) is 0 Å². The molecule has 0 aromatic carbocycles. The van der Waals surface area contributed by atoms with Crippen molar-refractivity contribution in [3.05, 3.63) is 50.9 Å². The van der Waals surface area contributed by atoms with Crippen molar-refractivity contribution in [1.29, 1.82) is 0 Å². The molecule has 3 fully saturated rings. The van der Waals surface area contributed by atoms with Crippen molar-refractivity contribution in [3.8, 4) is 0 Å². The Bertz CT molecular complexity index is 1850. The van der Waals surface area contributed by atoms with E-state index >= 15 is 0 Å². The number of esters is 1. The number of carbonyl (C=O) groups is 5. The van der Waals surface area contributed by atoms with Crippen LogP contribution in [0.25, 0.3) is 0 Å². The predicted octanol–water partition coefficient (Wildman–Crippen LogP) is -0.450. The van der Waals surface area contributed by atoms with E-state index in [1.165, 1.54) is 35.6 Å². The zero-order valence-electron chi connectivity index (χ0n) is 25.4. The van der Waals surface area contributed by atoms with Gasteiger partial charge in [0.25, 0.3) is 11.8 Å². The summed E-state index contributed by atoms with van der Waals surface area (Å²) in [7, 11) is 1.17. The van der Waals surface area contributed by atoms with Crippen LogP contribution in [0.1, 0.15) is 30.2 Å². The smallest absolute Gasteiger partial charge is 0.464 e. The minimum Gasteiger partial charge on any atom is -0.464 e. The van der Waals surface area contributed by atoms with E-state index in [-0.39, 0.29) is 59.0 Å².